The molecule has 0 spiro atoms. The van der Waals surface area contributed by atoms with Gasteiger partial charge in [0.2, 0.25) is 0 Å². The van der Waals surface area contributed by atoms with Gasteiger partial charge in [0, 0.05) is 23.5 Å². The number of methoxy groups -OCH3 is 1. The van der Waals surface area contributed by atoms with Crippen LogP contribution in [0.1, 0.15) is 11.1 Å². The molecule has 1 aromatic carbocycles. The van der Waals surface area contributed by atoms with Crippen LogP contribution >= 0.6 is 12.4 Å². The number of carbonyl (C=O) groups excluding carboxylic acids is 1. The fraction of sp³-hybridized carbons (Fsp3) is 0.158. The molecular formula is C19H18ClN5O2. The molecule has 2 heterocycles. The molecular weight excluding hydrogens is 366 g/mol. The Morgan fingerprint density at radius 3 is 2.74 bits per heavy atom. The topological polar surface area (TPSA) is 114 Å². The van der Waals surface area contributed by atoms with Crippen LogP contribution in [0.3, 0.4) is 0 Å². The van der Waals surface area contributed by atoms with E-state index in [1.165, 1.54) is 7.11 Å². The first kappa shape index (κ1) is 20.1. The number of rotatable bonds is 5. The number of carbonyl (C=O) groups is 1. The normalized spacial score (nSPS) is 11.1. The van der Waals surface area contributed by atoms with Crippen molar-refractivity contribution in [1.29, 1.82) is 5.26 Å². The lowest BCUT2D eigenvalue weighted by molar-refractivity contribution is -0.142. The summed E-state index contributed by atoms with van der Waals surface area (Å²) in [6, 6.07) is 12.4. The van der Waals surface area contributed by atoms with Crippen molar-refractivity contribution in [2.24, 2.45) is 5.73 Å². The van der Waals surface area contributed by atoms with Crippen molar-refractivity contribution in [3.05, 3.63) is 59.9 Å². The number of pyridine rings is 2. The average molecular weight is 384 g/mol. The molecule has 0 saturated carbocycles. The van der Waals surface area contributed by atoms with E-state index in [4.69, 9.17) is 5.73 Å². The Hall–Kier alpha value is -3.21. The van der Waals surface area contributed by atoms with Crippen LogP contribution < -0.4 is 11.1 Å². The summed E-state index contributed by atoms with van der Waals surface area (Å²) in [5.74, 6) is 0.0333. The van der Waals surface area contributed by atoms with Crippen LogP contribution in [-0.2, 0) is 16.0 Å². The third-order valence-electron chi connectivity index (χ3n) is 3.91. The Kier molecular flexibility index (Phi) is 6.66. The number of nitrogens with one attached hydrogen (secondary N) is 1. The molecule has 3 N–H and O–H groups in total. The minimum atomic E-state index is -0.695. The molecule has 3 rings (SSSR count). The van der Waals surface area contributed by atoms with Crippen LogP contribution in [0.25, 0.3) is 10.9 Å². The highest BCUT2D eigenvalue weighted by Crippen LogP contribution is 2.23. The molecule has 0 saturated heterocycles. The molecule has 0 aliphatic heterocycles. The van der Waals surface area contributed by atoms with Gasteiger partial charge < -0.3 is 15.8 Å². The third kappa shape index (κ3) is 4.70. The quantitative estimate of drug-likeness (QED) is 0.651. The number of nitriles is 1. The number of nitrogens with zero attached hydrogens (tertiary/aromatic N) is 3. The maximum absolute atomic E-state index is 11.4. The Labute approximate surface area is 162 Å². The molecule has 2 aromatic heterocycles. The van der Waals surface area contributed by atoms with Crippen molar-refractivity contribution < 1.29 is 9.53 Å². The minimum absolute atomic E-state index is 0. The van der Waals surface area contributed by atoms with Crippen molar-refractivity contribution in [2.75, 3.05) is 12.4 Å². The van der Waals surface area contributed by atoms with Crippen LogP contribution in [0.15, 0.2) is 48.8 Å². The molecule has 3 aromatic rings. The van der Waals surface area contributed by atoms with E-state index in [9.17, 15) is 10.1 Å². The molecule has 0 aliphatic rings. The van der Waals surface area contributed by atoms with E-state index < -0.39 is 12.0 Å². The van der Waals surface area contributed by atoms with E-state index >= 15 is 0 Å². The zero-order valence-corrected chi connectivity index (χ0v) is 15.4. The van der Waals surface area contributed by atoms with Gasteiger partial charge in [-0.05, 0) is 36.2 Å². The van der Waals surface area contributed by atoms with Crippen LogP contribution in [0.5, 0.6) is 0 Å². The fourth-order valence-electron chi connectivity index (χ4n) is 2.55. The van der Waals surface area contributed by atoms with Gasteiger partial charge in [-0.1, -0.05) is 12.1 Å². The Bertz CT molecular complexity index is 986. The van der Waals surface area contributed by atoms with Gasteiger partial charge in [0.05, 0.1) is 18.2 Å². The monoisotopic (exact) mass is 383 g/mol. The summed E-state index contributed by atoms with van der Waals surface area (Å²) in [7, 11) is 1.31. The van der Waals surface area contributed by atoms with Gasteiger partial charge >= 0.3 is 5.97 Å². The number of anilines is 2. The average Bonchev–Trinajstić information content (AvgIpc) is 2.68. The number of nitrogens with two attached hydrogens (primary N) is 1. The van der Waals surface area contributed by atoms with Gasteiger partial charge in [-0.15, -0.1) is 12.4 Å². The van der Waals surface area contributed by atoms with E-state index in [0.29, 0.717) is 17.8 Å². The number of benzene rings is 1. The minimum Gasteiger partial charge on any atom is -0.468 e. The molecule has 0 aliphatic carbocycles. The van der Waals surface area contributed by atoms with Crippen LogP contribution in [0.2, 0.25) is 0 Å². The molecule has 0 bridgehead atoms. The van der Waals surface area contributed by atoms with Crippen molar-refractivity contribution >= 4 is 40.8 Å². The van der Waals surface area contributed by atoms with E-state index in [-0.39, 0.29) is 12.4 Å². The molecule has 7 nitrogen and oxygen atoms in total. The highest BCUT2D eigenvalue weighted by molar-refractivity contribution is 5.85. The highest BCUT2D eigenvalue weighted by Gasteiger charge is 2.14. The summed E-state index contributed by atoms with van der Waals surface area (Å²) >= 11 is 0. The molecule has 0 radical (unpaired) electrons. The standard InChI is InChI=1S/C19H17N5O2.ClH/c1-26-19(25)16(21)8-12-2-4-15(5-3-12)23-18-13(10-20)9-14-11-22-7-6-17(14)24-18;/h2-7,9,11,16H,8,21H2,1H3,(H,23,24);1H/t16-;/m0./s1. The van der Waals surface area contributed by atoms with Gasteiger partial charge in [0.1, 0.15) is 17.9 Å². The fourth-order valence-corrected chi connectivity index (χ4v) is 2.55. The summed E-state index contributed by atoms with van der Waals surface area (Å²) < 4.78 is 4.63. The van der Waals surface area contributed by atoms with Crippen molar-refractivity contribution in [3.8, 4) is 6.07 Å². The molecule has 0 fully saturated rings. The lowest BCUT2D eigenvalue weighted by Gasteiger charge is -2.11. The number of aromatic nitrogens is 2. The second kappa shape index (κ2) is 8.94. The Morgan fingerprint density at radius 2 is 2.07 bits per heavy atom. The number of hydrogen-bond donors (Lipinski definition) is 2. The molecule has 0 amide bonds. The number of hydrogen-bond acceptors (Lipinski definition) is 7. The Balaban J connectivity index is 0.00000261. The van der Waals surface area contributed by atoms with Gasteiger partial charge in [-0.2, -0.15) is 5.26 Å². The second-order valence-corrected chi connectivity index (χ2v) is 5.72. The van der Waals surface area contributed by atoms with Gasteiger partial charge in [-0.3, -0.25) is 9.78 Å². The van der Waals surface area contributed by atoms with Crippen LogP contribution in [0.4, 0.5) is 11.5 Å². The third-order valence-corrected chi connectivity index (χ3v) is 3.91. The summed E-state index contributed by atoms with van der Waals surface area (Å²) in [6.45, 7) is 0. The zero-order valence-electron chi connectivity index (χ0n) is 14.5. The Morgan fingerprint density at radius 1 is 1.33 bits per heavy atom. The molecule has 27 heavy (non-hydrogen) atoms. The van der Waals surface area contributed by atoms with Crippen LogP contribution in [0, 0.1) is 11.3 Å². The first-order valence-electron chi connectivity index (χ1n) is 7.95. The van der Waals surface area contributed by atoms with E-state index in [1.54, 1.807) is 24.5 Å². The smallest absolute Gasteiger partial charge is 0.322 e. The molecule has 8 heteroatoms. The second-order valence-electron chi connectivity index (χ2n) is 5.72. The maximum Gasteiger partial charge on any atom is 0.322 e. The summed E-state index contributed by atoms with van der Waals surface area (Å²) in [5, 5.41) is 13.3. The first-order chi connectivity index (χ1) is 12.6. The zero-order chi connectivity index (χ0) is 18.5. The van der Waals surface area contributed by atoms with Crippen LogP contribution in [-0.4, -0.2) is 29.1 Å². The molecule has 0 unspecified atom stereocenters. The molecule has 1 atom stereocenters. The SMILES string of the molecule is COC(=O)[C@@H](N)Cc1ccc(Nc2nc3ccncc3cc2C#N)cc1.Cl. The van der Waals surface area contributed by atoms with Gasteiger partial charge in [-0.25, -0.2) is 4.98 Å². The van der Waals surface area contributed by atoms with E-state index in [2.05, 4.69) is 26.1 Å². The summed E-state index contributed by atoms with van der Waals surface area (Å²) in [5.41, 5.74) is 8.64. The lowest BCUT2D eigenvalue weighted by Crippen LogP contribution is -2.33. The number of ether oxygens (including phenoxy) is 1. The van der Waals surface area contributed by atoms with Crippen molar-refractivity contribution in [1.82, 2.24) is 9.97 Å². The molecule has 138 valence electrons. The number of esters is 1. The van der Waals surface area contributed by atoms with Crippen molar-refractivity contribution in [2.45, 2.75) is 12.5 Å². The van der Waals surface area contributed by atoms with E-state index in [0.717, 1.165) is 22.2 Å². The predicted molar refractivity (Wildman–Crippen MR) is 105 cm³/mol. The predicted octanol–water partition coefficient (Wildman–Crippen LogP) is 2.71. The number of fused-ring (bicyclic) bond motifs is 1. The summed E-state index contributed by atoms with van der Waals surface area (Å²) in [6.07, 6.45) is 3.72. The number of halogens is 1. The first-order valence-corrected chi connectivity index (χ1v) is 7.95. The largest absolute Gasteiger partial charge is 0.468 e. The van der Waals surface area contributed by atoms with Crippen molar-refractivity contribution in [3.63, 3.8) is 0 Å². The van der Waals surface area contributed by atoms with E-state index in [1.807, 2.05) is 24.3 Å². The highest BCUT2D eigenvalue weighted by atomic mass is 35.5. The maximum atomic E-state index is 11.4. The summed E-state index contributed by atoms with van der Waals surface area (Å²) in [4.78, 5) is 19.9. The lowest BCUT2D eigenvalue weighted by atomic mass is 10.1. The van der Waals surface area contributed by atoms with Gasteiger partial charge in [0.15, 0.2) is 0 Å². The van der Waals surface area contributed by atoms with Gasteiger partial charge in [0.25, 0.3) is 0 Å².